The Morgan fingerprint density at radius 3 is 2.67 bits per heavy atom. The third-order valence-corrected chi connectivity index (χ3v) is 5.22. The van der Waals surface area contributed by atoms with Crippen LogP contribution in [0.15, 0.2) is 48.0 Å². The fourth-order valence-corrected chi connectivity index (χ4v) is 3.88. The van der Waals surface area contributed by atoms with E-state index in [0.717, 1.165) is 0 Å². The van der Waals surface area contributed by atoms with Crippen LogP contribution in [0, 0.1) is 3.95 Å². The number of aromatic nitrogens is 3. The lowest BCUT2D eigenvalue weighted by molar-refractivity contribution is -0.114. The lowest BCUT2D eigenvalue weighted by Gasteiger charge is -2.07. The van der Waals surface area contributed by atoms with Crippen molar-refractivity contribution in [2.75, 3.05) is 5.32 Å². The Bertz CT molecular complexity index is 1160. The Morgan fingerprint density at radius 2 is 2.04 bits per heavy atom. The van der Waals surface area contributed by atoms with Crippen molar-refractivity contribution in [2.45, 2.75) is 20.0 Å². The molecule has 0 saturated heterocycles. The fraction of sp³-hybridized carbons (Fsp3) is 0.167. The highest BCUT2D eigenvalue weighted by atomic mass is 32.1. The number of anilines is 1. The molecule has 1 amide bonds. The van der Waals surface area contributed by atoms with Crippen molar-refractivity contribution in [3.8, 4) is 0 Å². The Morgan fingerprint density at radius 1 is 1.33 bits per heavy atom. The predicted molar refractivity (Wildman–Crippen MR) is 108 cm³/mol. The zero-order valence-corrected chi connectivity index (χ0v) is 16.1. The van der Waals surface area contributed by atoms with E-state index in [9.17, 15) is 14.4 Å². The normalized spacial score (nSPS) is 10.7. The minimum Gasteiger partial charge on any atom is -0.326 e. The number of rotatable bonds is 6. The summed E-state index contributed by atoms with van der Waals surface area (Å²) < 4.78 is 3.96. The second-order valence-electron chi connectivity index (χ2n) is 5.78. The maximum Gasteiger partial charge on any atom is 0.273 e. The number of hydrogen-bond acceptors (Lipinski definition) is 6. The van der Waals surface area contributed by atoms with Gasteiger partial charge in [0.2, 0.25) is 5.91 Å². The summed E-state index contributed by atoms with van der Waals surface area (Å²) in [6.07, 6.45) is 3.04. The van der Waals surface area contributed by atoms with Crippen molar-refractivity contribution < 1.29 is 9.59 Å². The SMILES string of the molecule is C=CCn1c(=S)sc2c(=O)n(CC(=O)c3ccc(NC(C)=O)cc3)cnc21. The number of hydrogen-bond donors (Lipinski definition) is 1. The van der Waals surface area contributed by atoms with Crippen molar-refractivity contribution in [1.29, 1.82) is 0 Å². The zero-order chi connectivity index (χ0) is 19.6. The smallest absolute Gasteiger partial charge is 0.273 e. The van der Waals surface area contributed by atoms with Gasteiger partial charge in [0.05, 0.1) is 6.54 Å². The van der Waals surface area contributed by atoms with Gasteiger partial charge in [-0.3, -0.25) is 19.0 Å². The highest BCUT2D eigenvalue weighted by Gasteiger charge is 2.14. The van der Waals surface area contributed by atoms with Gasteiger partial charge in [0, 0.05) is 24.7 Å². The maximum absolute atomic E-state index is 12.7. The summed E-state index contributed by atoms with van der Waals surface area (Å²) in [5.74, 6) is -0.424. The molecule has 0 bridgehead atoms. The van der Waals surface area contributed by atoms with Crippen LogP contribution in [0.5, 0.6) is 0 Å². The van der Waals surface area contributed by atoms with Gasteiger partial charge in [-0.1, -0.05) is 17.4 Å². The molecule has 9 heteroatoms. The molecule has 1 N–H and O–H groups in total. The summed E-state index contributed by atoms with van der Waals surface area (Å²) in [6, 6.07) is 6.49. The number of fused-ring (bicyclic) bond motifs is 1. The molecule has 3 rings (SSSR count). The van der Waals surface area contributed by atoms with E-state index < -0.39 is 0 Å². The van der Waals surface area contributed by atoms with E-state index in [2.05, 4.69) is 16.9 Å². The van der Waals surface area contributed by atoms with E-state index in [1.54, 1.807) is 34.9 Å². The van der Waals surface area contributed by atoms with E-state index in [1.165, 1.54) is 29.2 Å². The monoisotopic (exact) mass is 400 g/mol. The molecule has 27 heavy (non-hydrogen) atoms. The molecule has 3 aromatic rings. The van der Waals surface area contributed by atoms with E-state index in [0.29, 0.717) is 32.1 Å². The van der Waals surface area contributed by atoms with Gasteiger partial charge >= 0.3 is 0 Å². The van der Waals surface area contributed by atoms with E-state index in [1.807, 2.05) is 0 Å². The molecule has 0 aliphatic rings. The molecule has 0 fully saturated rings. The lowest BCUT2D eigenvalue weighted by Crippen LogP contribution is -2.24. The number of Topliss-reactive ketones (excluding diaryl/α,β-unsaturated/α-hetero) is 1. The number of thiazole rings is 1. The quantitative estimate of drug-likeness (QED) is 0.390. The summed E-state index contributed by atoms with van der Waals surface area (Å²) in [6.45, 7) is 5.42. The van der Waals surface area contributed by atoms with Crippen LogP contribution in [0.25, 0.3) is 10.3 Å². The molecule has 2 aromatic heterocycles. The number of carbonyl (C=O) groups is 2. The first-order valence-corrected chi connectivity index (χ1v) is 9.23. The Balaban J connectivity index is 1.88. The molecule has 0 spiro atoms. The molecule has 0 unspecified atom stereocenters. The van der Waals surface area contributed by atoms with E-state index in [-0.39, 0.29) is 23.8 Å². The molecule has 0 radical (unpaired) electrons. The van der Waals surface area contributed by atoms with Crippen LogP contribution in [-0.4, -0.2) is 25.8 Å². The molecule has 7 nitrogen and oxygen atoms in total. The minimum atomic E-state index is -0.304. The molecule has 0 saturated carbocycles. The highest BCUT2D eigenvalue weighted by molar-refractivity contribution is 7.73. The number of nitrogens with zero attached hydrogens (tertiary/aromatic N) is 3. The lowest BCUT2D eigenvalue weighted by atomic mass is 10.1. The average Bonchev–Trinajstić information content (AvgIpc) is 2.94. The van der Waals surface area contributed by atoms with Crippen molar-refractivity contribution in [3.63, 3.8) is 0 Å². The van der Waals surface area contributed by atoms with Gasteiger partial charge in [-0.25, -0.2) is 4.98 Å². The molecular weight excluding hydrogens is 384 g/mol. The van der Waals surface area contributed by atoms with E-state index in [4.69, 9.17) is 12.2 Å². The van der Waals surface area contributed by atoms with Gasteiger partial charge < -0.3 is 9.88 Å². The van der Waals surface area contributed by atoms with Crippen molar-refractivity contribution in [2.24, 2.45) is 0 Å². The average molecular weight is 400 g/mol. The third kappa shape index (κ3) is 3.93. The number of amides is 1. The first-order valence-electron chi connectivity index (χ1n) is 8.01. The summed E-state index contributed by atoms with van der Waals surface area (Å²) in [4.78, 5) is 40.5. The number of ketones is 1. The van der Waals surface area contributed by atoms with Crippen LogP contribution >= 0.6 is 23.6 Å². The second kappa shape index (κ2) is 7.77. The summed E-state index contributed by atoms with van der Waals surface area (Å²) in [7, 11) is 0. The minimum absolute atomic E-state index is 0.132. The molecule has 0 aliphatic heterocycles. The molecule has 138 valence electrons. The Kier molecular flexibility index (Phi) is 5.43. The second-order valence-corrected chi connectivity index (χ2v) is 7.42. The van der Waals surface area contributed by atoms with Gasteiger partial charge in [0.1, 0.15) is 11.0 Å². The number of carbonyl (C=O) groups excluding carboxylic acids is 2. The van der Waals surface area contributed by atoms with Gasteiger partial charge in [0.15, 0.2) is 15.4 Å². The maximum atomic E-state index is 12.7. The number of benzene rings is 1. The van der Waals surface area contributed by atoms with Gasteiger partial charge in [-0.2, -0.15) is 0 Å². The van der Waals surface area contributed by atoms with Crippen LogP contribution in [0.2, 0.25) is 0 Å². The molecule has 0 atom stereocenters. The largest absolute Gasteiger partial charge is 0.326 e. The number of allylic oxidation sites excluding steroid dienone is 1. The van der Waals surface area contributed by atoms with Crippen LogP contribution in [0.4, 0.5) is 5.69 Å². The predicted octanol–water partition coefficient (Wildman–Crippen LogP) is 3.02. The fourth-order valence-electron chi connectivity index (χ4n) is 2.56. The first kappa shape index (κ1) is 18.9. The first-order chi connectivity index (χ1) is 12.9. The van der Waals surface area contributed by atoms with Crippen molar-refractivity contribution in [3.05, 3.63) is 63.1 Å². The van der Waals surface area contributed by atoms with E-state index >= 15 is 0 Å². The highest BCUT2D eigenvalue weighted by Crippen LogP contribution is 2.18. The summed E-state index contributed by atoms with van der Waals surface area (Å²) in [5, 5.41) is 2.63. The molecule has 1 aromatic carbocycles. The zero-order valence-electron chi connectivity index (χ0n) is 14.5. The Hall–Kier alpha value is -2.91. The third-order valence-electron chi connectivity index (χ3n) is 3.80. The van der Waals surface area contributed by atoms with Crippen LogP contribution in [0.3, 0.4) is 0 Å². The van der Waals surface area contributed by atoms with Gasteiger partial charge in [-0.05, 0) is 36.5 Å². The van der Waals surface area contributed by atoms with Crippen LogP contribution in [0.1, 0.15) is 17.3 Å². The number of nitrogens with one attached hydrogen (secondary N) is 1. The van der Waals surface area contributed by atoms with Gasteiger partial charge in [-0.15, -0.1) is 6.58 Å². The topological polar surface area (TPSA) is 86.0 Å². The van der Waals surface area contributed by atoms with Gasteiger partial charge in [0.25, 0.3) is 5.56 Å². The van der Waals surface area contributed by atoms with Crippen LogP contribution in [-0.2, 0) is 17.9 Å². The van der Waals surface area contributed by atoms with Crippen molar-refractivity contribution in [1.82, 2.24) is 14.1 Å². The van der Waals surface area contributed by atoms with Crippen LogP contribution < -0.4 is 10.9 Å². The van der Waals surface area contributed by atoms with Crippen molar-refractivity contribution >= 4 is 51.3 Å². The Labute approximate surface area is 163 Å². The molecule has 0 aliphatic carbocycles. The molecular formula is C18H16N4O3S2. The standard InChI is InChI=1S/C18H16N4O3S2/c1-3-8-22-16-15(27-18(22)26)17(25)21(10-19-16)9-14(24)12-4-6-13(7-5-12)20-11(2)23/h3-7,10H,1,8-9H2,2H3,(H,20,23). The molecule has 2 heterocycles. The summed E-state index contributed by atoms with van der Waals surface area (Å²) in [5.41, 5.74) is 1.23. The summed E-state index contributed by atoms with van der Waals surface area (Å²) >= 11 is 6.45.